The zero-order chi connectivity index (χ0) is 29.1. The standard InChI is InChI=1S/C33H47N5O3S/c1-3-4-12-28-33(41-32(40)38(28)23-25-9-6-5-7-10-25)15-20-36(21-16-33)27-13-18-37(19-14-27)31(39)29-24(2)35-30(42-29)26-11-8-17-34-22-26/h8,11,17,22,25,27-28H,3-7,9-10,12-16,18-21,23H2,1-2H3. The van der Waals surface area contributed by atoms with Crippen molar-refractivity contribution in [3.8, 4) is 10.6 Å². The van der Waals surface area contributed by atoms with Crippen LogP contribution in [0.25, 0.3) is 10.6 Å². The monoisotopic (exact) mass is 593 g/mol. The van der Waals surface area contributed by atoms with Crippen molar-refractivity contribution >= 4 is 23.3 Å². The van der Waals surface area contributed by atoms with Crippen molar-refractivity contribution < 1.29 is 14.3 Å². The number of likely N-dealkylation sites (tertiary alicyclic amines) is 2. The van der Waals surface area contributed by atoms with E-state index < -0.39 is 0 Å². The molecule has 9 heteroatoms. The van der Waals surface area contributed by atoms with Crippen molar-refractivity contribution in [3.63, 3.8) is 0 Å². The number of carbonyl (C=O) groups is 2. The Kier molecular flexibility index (Phi) is 9.15. The number of hydrogen-bond donors (Lipinski definition) is 0. The number of ether oxygens (including phenoxy) is 1. The van der Waals surface area contributed by atoms with E-state index in [1.807, 2.05) is 24.0 Å². The number of nitrogens with zero attached hydrogens (tertiary/aromatic N) is 5. The molecule has 2 aromatic rings. The highest BCUT2D eigenvalue weighted by Crippen LogP contribution is 2.43. The fourth-order valence-electron chi connectivity index (χ4n) is 7.87. The van der Waals surface area contributed by atoms with Gasteiger partial charge in [-0.2, -0.15) is 0 Å². The Morgan fingerprint density at radius 2 is 1.86 bits per heavy atom. The summed E-state index contributed by atoms with van der Waals surface area (Å²) in [5.74, 6) is 0.736. The van der Waals surface area contributed by atoms with Crippen LogP contribution in [0.1, 0.15) is 99.3 Å². The minimum absolute atomic E-state index is 0.0630. The van der Waals surface area contributed by atoms with Gasteiger partial charge in [0.1, 0.15) is 15.5 Å². The van der Waals surface area contributed by atoms with Crippen molar-refractivity contribution in [2.45, 2.75) is 109 Å². The summed E-state index contributed by atoms with van der Waals surface area (Å²) in [7, 11) is 0. The van der Waals surface area contributed by atoms with Gasteiger partial charge < -0.3 is 14.5 Å². The fraction of sp³-hybridized carbons (Fsp3) is 0.697. The Hall–Kier alpha value is -2.52. The zero-order valence-corrected chi connectivity index (χ0v) is 26.2. The molecule has 4 aliphatic rings. The molecule has 1 aliphatic carbocycles. The van der Waals surface area contributed by atoms with Gasteiger partial charge in [-0.05, 0) is 57.1 Å². The fourth-order valence-corrected chi connectivity index (χ4v) is 8.89. The molecular formula is C33H47N5O3S. The van der Waals surface area contributed by atoms with Crippen LogP contribution < -0.4 is 0 Å². The Bertz CT molecular complexity index is 1210. The summed E-state index contributed by atoms with van der Waals surface area (Å²) < 4.78 is 6.33. The molecule has 0 bridgehead atoms. The number of amides is 2. The minimum atomic E-state index is -0.330. The van der Waals surface area contributed by atoms with Crippen molar-refractivity contribution in [3.05, 3.63) is 35.1 Å². The van der Waals surface area contributed by atoms with Gasteiger partial charge in [0.2, 0.25) is 0 Å². The molecule has 1 saturated carbocycles. The first kappa shape index (κ1) is 29.5. The predicted molar refractivity (Wildman–Crippen MR) is 166 cm³/mol. The predicted octanol–water partition coefficient (Wildman–Crippen LogP) is 6.54. The second kappa shape index (κ2) is 13.0. The number of thiazole rings is 1. The molecule has 1 spiro atoms. The Labute approximate surface area is 254 Å². The highest BCUT2D eigenvalue weighted by Gasteiger charge is 2.55. The molecule has 4 fully saturated rings. The van der Waals surface area contributed by atoms with Crippen LogP contribution in [0.15, 0.2) is 24.5 Å². The summed E-state index contributed by atoms with van der Waals surface area (Å²) in [4.78, 5) is 43.1. The zero-order valence-electron chi connectivity index (χ0n) is 25.4. The van der Waals surface area contributed by atoms with Gasteiger partial charge in [0.05, 0.1) is 11.7 Å². The van der Waals surface area contributed by atoms with Crippen LogP contribution in [0.5, 0.6) is 0 Å². The molecule has 6 rings (SSSR count). The van der Waals surface area contributed by atoms with E-state index in [4.69, 9.17) is 4.74 Å². The quantitative estimate of drug-likeness (QED) is 0.346. The third-order valence-electron chi connectivity index (χ3n) is 10.3. The molecule has 3 aliphatic heterocycles. The first-order chi connectivity index (χ1) is 20.5. The highest BCUT2D eigenvalue weighted by molar-refractivity contribution is 7.17. The number of pyridine rings is 1. The number of aromatic nitrogens is 2. The van der Waals surface area contributed by atoms with Gasteiger partial charge in [-0.25, -0.2) is 9.78 Å². The lowest BCUT2D eigenvalue weighted by Gasteiger charge is -2.46. The lowest BCUT2D eigenvalue weighted by atomic mass is 9.80. The third-order valence-corrected chi connectivity index (χ3v) is 11.5. The number of unbranched alkanes of at least 4 members (excludes halogenated alkanes) is 1. The molecule has 0 radical (unpaired) electrons. The maximum absolute atomic E-state index is 13.5. The Balaban J connectivity index is 1.04. The van der Waals surface area contributed by atoms with Crippen LogP contribution in [0.2, 0.25) is 0 Å². The van der Waals surface area contributed by atoms with Crippen molar-refractivity contribution in [1.29, 1.82) is 0 Å². The van der Waals surface area contributed by atoms with E-state index >= 15 is 0 Å². The highest BCUT2D eigenvalue weighted by atomic mass is 32.1. The minimum Gasteiger partial charge on any atom is -0.440 e. The molecule has 5 heterocycles. The summed E-state index contributed by atoms with van der Waals surface area (Å²) in [5.41, 5.74) is 1.42. The average molecular weight is 594 g/mol. The first-order valence-corrected chi connectivity index (χ1v) is 17.2. The van der Waals surface area contributed by atoms with Crippen LogP contribution >= 0.6 is 11.3 Å². The van der Waals surface area contributed by atoms with Crippen molar-refractivity contribution in [2.24, 2.45) is 5.92 Å². The summed E-state index contributed by atoms with van der Waals surface area (Å²) in [6, 6.07) is 4.58. The van der Waals surface area contributed by atoms with Crippen LogP contribution in [0, 0.1) is 12.8 Å². The Morgan fingerprint density at radius 1 is 1.10 bits per heavy atom. The van der Waals surface area contributed by atoms with E-state index in [9.17, 15) is 9.59 Å². The maximum atomic E-state index is 13.5. The molecule has 42 heavy (non-hydrogen) atoms. The Morgan fingerprint density at radius 3 is 2.55 bits per heavy atom. The molecule has 1 atom stereocenters. The van der Waals surface area contributed by atoms with Crippen LogP contribution in [-0.2, 0) is 4.74 Å². The first-order valence-electron chi connectivity index (χ1n) is 16.4. The number of carbonyl (C=O) groups excluding carboxylic acids is 2. The van der Waals surface area contributed by atoms with Gasteiger partial charge in [-0.1, -0.05) is 39.0 Å². The smallest absolute Gasteiger partial charge is 0.410 e. The van der Waals surface area contributed by atoms with Crippen LogP contribution in [0.4, 0.5) is 4.79 Å². The van der Waals surface area contributed by atoms with E-state index in [2.05, 4.69) is 26.7 Å². The molecule has 2 aromatic heterocycles. The average Bonchev–Trinajstić information content (AvgIpc) is 3.53. The van der Waals surface area contributed by atoms with Crippen LogP contribution in [-0.4, -0.2) is 87.1 Å². The second-order valence-electron chi connectivity index (χ2n) is 13.0. The third kappa shape index (κ3) is 6.09. The molecule has 1 unspecified atom stereocenters. The molecular weight excluding hydrogens is 546 g/mol. The van der Waals surface area contributed by atoms with E-state index in [1.165, 1.54) is 43.4 Å². The van der Waals surface area contributed by atoms with Crippen molar-refractivity contribution in [1.82, 2.24) is 24.7 Å². The number of rotatable bonds is 8. The number of aryl methyl sites for hydroxylation is 1. The number of hydrogen-bond acceptors (Lipinski definition) is 7. The summed E-state index contributed by atoms with van der Waals surface area (Å²) in [5, 5.41) is 0.850. The van der Waals surface area contributed by atoms with E-state index in [0.717, 1.165) is 98.8 Å². The lowest BCUT2D eigenvalue weighted by molar-refractivity contribution is -0.0385. The van der Waals surface area contributed by atoms with Gasteiger partial charge >= 0.3 is 6.09 Å². The van der Waals surface area contributed by atoms with Gasteiger partial charge in [0.25, 0.3) is 5.91 Å². The van der Waals surface area contributed by atoms with E-state index in [-0.39, 0.29) is 23.6 Å². The molecule has 228 valence electrons. The summed E-state index contributed by atoms with van der Waals surface area (Å²) >= 11 is 1.47. The topological polar surface area (TPSA) is 78.9 Å². The SMILES string of the molecule is CCCCC1N(CC2CCCCC2)C(=O)OC12CCN(C1CCN(C(=O)c3sc(-c4cccnc4)nc3C)CC1)CC2. The molecule has 0 N–H and O–H groups in total. The molecule has 8 nitrogen and oxygen atoms in total. The number of piperidine rings is 2. The summed E-state index contributed by atoms with van der Waals surface area (Å²) in [6.45, 7) is 8.53. The van der Waals surface area contributed by atoms with E-state index in [0.29, 0.717) is 12.0 Å². The molecule has 3 saturated heterocycles. The van der Waals surface area contributed by atoms with Gasteiger partial charge in [0, 0.05) is 69.6 Å². The maximum Gasteiger partial charge on any atom is 0.410 e. The van der Waals surface area contributed by atoms with Crippen LogP contribution in [0.3, 0.4) is 0 Å². The molecule has 2 amide bonds. The van der Waals surface area contributed by atoms with Gasteiger partial charge in [-0.15, -0.1) is 11.3 Å². The van der Waals surface area contributed by atoms with Gasteiger partial charge in [-0.3, -0.25) is 14.7 Å². The second-order valence-corrected chi connectivity index (χ2v) is 14.0. The largest absolute Gasteiger partial charge is 0.440 e. The van der Waals surface area contributed by atoms with Crippen molar-refractivity contribution in [2.75, 3.05) is 32.7 Å². The van der Waals surface area contributed by atoms with Gasteiger partial charge in [0.15, 0.2) is 0 Å². The lowest BCUT2D eigenvalue weighted by Crippen LogP contribution is -2.56. The summed E-state index contributed by atoms with van der Waals surface area (Å²) in [6.07, 6.45) is 17.1. The normalized spacial score (nSPS) is 24.0. The van der Waals surface area contributed by atoms with E-state index in [1.54, 1.807) is 12.4 Å². The molecule has 0 aromatic carbocycles.